The predicted molar refractivity (Wildman–Crippen MR) is 285 cm³/mol. The molecule has 0 saturated carbocycles. The maximum atomic E-state index is 5.92. The van der Waals surface area contributed by atoms with Gasteiger partial charge in [-0.2, -0.15) is 8.75 Å². The standard InChI is InChI=1S/C63H51N3OS/c1-39(2)67-49-27-19-41(20-28-49)43-22-30-53-55-32-24-45(38-59(55)63(5,6)57(53)36-43)51-34-33-50(60-61(51)65-68-64-60)44-23-31-54-52-29-21-42(35-56(52)62(3,4)58(54)37-44)40-17-25-48(26-18-40)66(46-13-9-7-10-14-46)47-15-11-8-12-16-47/h7-39H,1-6H3. The van der Waals surface area contributed by atoms with Gasteiger partial charge in [0.1, 0.15) is 16.8 Å². The van der Waals surface area contributed by atoms with Crippen LogP contribution in [0, 0.1) is 0 Å². The van der Waals surface area contributed by atoms with Crippen LogP contribution < -0.4 is 9.64 Å². The molecular weight excluding hydrogens is 847 g/mol. The minimum Gasteiger partial charge on any atom is -0.491 e. The van der Waals surface area contributed by atoms with Gasteiger partial charge in [0.2, 0.25) is 0 Å². The summed E-state index contributed by atoms with van der Waals surface area (Å²) in [6.45, 7) is 13.6. The SMILES string of the molecule is CC(C)Oc1ccc(-c2ccc3c(c2)C(C)(C)c2cc(-c4ccc(-c5ccc6c(c5)C(C)(C)c5cc(-c7ccc(N(c8ccccc8)c8ccccc8)cc7)ccc5-6)c5nsnc45)ccc2-3)cc1. The van der Waals surface area contributed by atoms with Crippen molar-refractivity contribution in [3.8, 4) is 72.5 Å². The molecule has 0 unspecified atom stereocenters. The van der Waals surface area contributed by atoms with Crippen molar-refractivity contribution in [2.24, 2.45) is 0 Å². The van der Waals surface area contributed by atoms with E-state index in [1.165, 1.54) is 78.5 Å². The Morgan fingerprint density at radius 2 is 0.721 bits per heavy atom. The van der Waals surface area contributed by atoms with Gasteiger partial charge in [0, 0.05) is 39.0 Å². The molecule has 330 valence electrons. The molecule has 2 aliphatic carbocycles. The van der Waals surface area contributed by atoms with Crippen molar-refractivity contribution in [1.82, 2.24) is 8.75 Å². The van der Waals surface area contributed by atoms with Gasteiger partial charge in [0.25, 0.3) is 0 Å². The number of para-hydroxylation sites is 2. The second kappa shape index (κ2) is 16.0. The van der Waals surface area contributed by atoms with Crippen LogP contribution in [0.25, 0.3) is 77.8 Å². The van der Waals surface area contributed by atoms with E-state index in [4.69, 9.17) is 13.5 Å². The van der Waals surface area contributed by atoms with Gasteiger partial charge in [-0.05, 0) is 165 Å². The summed E-state index contributed by atoms with van der Waals surface area (Å²) in [5.74, 6) is 0.897. The summed E-state index contributed by atoms with van der Waals surface area (Å²) < 4.78 is 15.8. The smallest absolute Gasteiger partial charge is 0.119 e. The van der Waals surface area contributed by atoms with Crippen LogP contribution in [-0.2, 0) is 10.8 Å². The third kappa shape index (κ3) is 6.87. The van der Waals surface area contributed by atoms with E-state index in [-0.39, 0.29) is 16.9 Å². The molecule has 0 aliphatic heterocycles. The Morgan fingerprint density at radius 3 is 1.13 bits per heavy atom. The Bertz CT molecular complexity index is 3510. The molecule has 0 bridgehead atoms. The maximum Gasteiger partial charge on any atom is 0.119 e. The third-order valence-corrected chi connectivity index (χ3v) is 15.0. The lowest BCUT2D eigenvalue weighted by Crippen LogP contribution is -2.15. The highest BCUT2D eigenvalue weighted by molar-refractivity contribution is 7.00. The molecule has 0 atom stereocenters. The Kier molecular flexibility index (Phi) is 9.86. The summed E-state index contributed by atoms with van der Waals surface area (Å²) in [5.41, 5.74) is 24.8. The summed E-state index contributed by atoms with van der Waals surface area (Å²) in [6, 6.07) is 71.0. The molecule has 5 heteroatoms. The Hall–Kier alpha value is -7.60. The minimum absolute atomic E-state index is 0.147. The zero-order valence-corrected chi connectivity index (χ0v) is 40.0. The number of ether oxygens (including phenoxy) is 1. The van der Waals surface area contributed by atoms with Gasteiger partial charge in [-0.25, -0.2) is 0 Å². The molecule has 2 aliphatic rings. The fourth-order valence-electron chi connectivity index (χ4n) is 10.9. The number of fused-ring (bicyclic) bond motifs is 7. The Labute approximate surface area is 403 Å². The van der Waals surface area contributed by atoms with Crippen LogP contribution in [0.3, 0.4) is 0 Å². The van der Waals surface area contributed by atoms with Crippen molar-refractivity contribution in [3.63, 3.8) is 0 Å². The number of aromatic nitrogens is 2. The van der Waals surface area contributed by atoms with E-state index in [9.17, 15) is 0 Å². The van der Waals surface area contributed by atoms with Crippen LogP contribution in [0.2, 0.25) is 0 Å². The largest absolute Gasteiger partial charge is 0.491 e. The van der Waals surface area contributed by atoms with Crippen molar-refractivity contribution in [2.45, 2.75) is 58.5 Å². The third-order valence-electron chi connectivity index (χ3n) is 14.4. The van der Waals surface area contributed by atoms with Crippen LogP contribution in [-0.4, -0.2) is 14.9 Å². The van der Waals surface area contributed by atoms with Crippen molar-refractivity contribution in [3.05, 3.63) is 216 Å². The van der Waals surface area contributed by atoms with Crippen LogP contribution in [0.4, 0.5) is 17.1 Å². The monoisotopic (exact) mass is 897 g/mol. The molecule has 0 fully saturated rings. The predicted octanol–water partition coefficient (Wildman–Crippen LogP) is 17.2. The average Bonchev–Trinajstić information content (AvgIpc) is 4.01. The summed E-state index contributed by atoms with van der Waals surface area (Å²) in [7, 11) is 0. The molecule has 68 heavy (non-hydrogen) atoms. The lowest BCUT2D eigenvalue weighted by molar-refractivity contribution is 0.242. The van der Waals surface area contributed by atoms with E-state index in [2.05, 4.69) is 241 Å². The number of hydrogen-bond acceptors (Lipinski definition) is 5. The van der Waals surface area contributed by atoms with Gasteiger partial charge >= 0.3 is 0 Å². The second-order valence-electron chi connectivity index (χ2n) is 19.7. The van der Waals surface area contributed by atoms with Crippen LogP contribution >= 0.6 is 11.7 Å². The molecule has 10 aromatic rings. The van der Waals surface area contributed by atoms with Crippen LogP contribution in [0.1, 0.15) is 63.8 Å². The first-order chi connectivity index (χ1) is 33.0. The quantitative estimate of drug-likeness (QED) is 0.145. The number of hydrogen-bond donors (Lipinski definition) is 0. The molecule has 0 radical (unpaired) electrons. The molecule has 4 nitrogen and oxygen atoms in total. The molecule has 9 aromatic carbocycles. The highest BCUT2D eigenvalue weighted by atomic mass is 32.1. The first-order valence-corrected chi connectivity index (χ1v) is 24.4. The van der Waals surface area contributed by atoms with Gasteiger partial charge in [0.05, 0.1) is 17.8 Å². The first kappa shape index (κ1) is 41.8. The fourth-order valence-corrected chi connectivity index (χ4v) is 11.5. The number of anilines is 3. The van der Waals surface area contributed by atoms with Gasteiger partial charge in [-0.15, -0.1) is 0 Å². The summed E-state index contributed by atoms with van der Waals surface area (Å²) in [5, 5.41) is 0. The van der Waals surface area contributed by atoms with Crippen LogP contribution in [0.15, 0.2) is 194 Å². The van der Waals surface area contributed by atoms with Crippen molar-refractivity contribution in [2.75, 3.05) is 4.90 Å². The van der Waals surface area contributed by atoms with Crippen molar-refractivity contribution < 1.29 is 4.74 Å². The molecule has 0 saturated heterocycles. The lowest BCUT2D eigenvalue weighted by atomic mass is 9.80. The van der Waals surface area contributed by atoms with E-state index < -0.39 is 0 Å². The highest BCUT2D eigenvalue weighted by Gasteiger charge is 2.38. The van der Waals surface area contributed by atoms with Crippen molar-refractivity contribution >= 4 is 39.8 Å². The molecule has 12 rings (SSSR count). The zero-order valence-electron chi connectivity index (χ0n) is 39.2. The zero-order chi connectivity index (χ0) is 46.3. The molecular formula is C63H51N3OS. The van der Waals surface area contributed by atoms with Gasteiger partial charge < -0.3 is 9.64 Å². The van der Waals surface area contributed by atoms with Gasteiger partial charge in [0.15, 0.2) is 0 Å². The van der Waals surface area contributed by atoms with Gasteiger partial charge in [-0.3, -0.25) is 0 Å². The minimum atomic E-state index is -0.198. The Morgan fingerprint density at radius 1 is 0.382 bits per heavy atom. The highest BCUT2D eigenvalue weighted by Crippen LogP contribution is 2.53. The average molecular weight is 898 g/mol. The summed E-state index contributed by atoms with van der Waals surface area (Å²) >= 11 is 1.29. The molecule has 1 aromatic heterocycles. The lowest BCUT2D eigenvalue weighted by Gasteiger charge is -2.25. The Balaban J connectivity index is 0.829. The molecule has 1 heterocycles. The molecule has 0 amide bonds. The van der Waals surface area contributed by atoms with Crippen molar-refractivity contribution in [1.29, 1.82) is 0 Å². The number of benzene rings is 9. The van der Waals surface area contributed by atoms with E-state index in [0.29, 0.717) is 0 Å². The van der Waals surface area contributed by atoms with E-state index in [1.54, 1.807) is 0 Å². The summed E-state index contributed by atoms with van der Waals surface area (Å²) in [4.78, 5) is 2.31. The number of nitrogens with zero attached hydrogens (tertiary/aromatic N) is 3. The maximum absolute atomic E-state index is 5.92. The number of rotatable bonds is 9. The normalized spacial score (nSPS) is 13.8. The molecule has 0 spiro atoms. The topological polar surface area (TPSA) is 38.2 Å². The first-order valence-electron chi connectivity index (χ1n) is 23.7. The van der Waals surface area contributed by atoms with Gasteiger partial charge in [-0.1, -0.05) is 149 Å². The summed E-state index contributed by atoms with van der Waals surface area (Å²) in [6.07, 6.45) is 0.147. The van der Waals surface area contributed by atoms with E-state index in [1.807, 2.05) is 0 Å². The van der Waals surface area contributed by atoms with Crippen LogP contribution in [0.5, 0.6) is 5.75 Å². The van der Waals surface area contributed by atoms with E-state index in [0.717, 1.165) is 56.1 Å². The second-order valence-corrected chi connectivity index (χ2v) is 20.2. The molecule has 0 N–H and O–H groups in total. The van der Waals surface area contributed by atoms with E-state index >= 15 is 0 Å². The fraction of sp³-hybridized carbons (Fsp3) is 0.143.